The maximum Gasteiger partial charge on any atom is 0.193 e. The summed E-state index contributed by atoms with van der Waals surface area (Å²) in [7, 11) is 0. The second-order valence-corrected chi connectivity index (χ2v) is 4.49. The highest BCUT2D eigenvalue weighted by molar-refractivity contribution is 6.12. The molecule has 3 aromatic rings. The Bertz CT molecular complexity index is 733. The lowest BCUT2D eigenvalue weighted by Crippen LogP contribution is -2.04. The number of tetrazole rings is 1. The Hall–Kier alpha value is -2.82. The van der Waals surface area contributed by atoms with Gasteiger partial charge in [0.15, 0.2) is 11.6 Å². The topological polar surface area (TPSA) is 71.5 Å². The number of aromatic amines is 1. The van der Waals surface area contributed by atoms with Gasteiger partial charge in [0.05, 0.1) is 0 Å². The van der Waals surface area contributed by atoms with Gasteiger partial charge in [-0.3, -0.25) is 4.79 Å². The molecule has 0 unspecified atom stereocenters. The number of rotatable bonds is 3. The first kappa shape index (κ1) is 12.2. The van der Waals surface area contributed by atoms with E-state index < -0.39 is 0 Å². The van der Waals surface area contributed by atoms with Crippen LogP contribution in [0.15, 0.2) is 48.5 Å². The van der Waals surface area contributed by atoms with Gasteiger partial charge < -0.3 is 0 Å². The van der Waals surface area contributed by atoms with Crippen LogP contribution in [0.2, 0.25) is 0 Å². The molecule has 2 aromatic carbocycles. The zero-order chi connectivity index (χ0) is 13.9. The van der Waals surface area contributed by atoms with Crippen molar-refractivity contribution in [2.75, 3.05) is 0 Å². The van der Waals surface area contributed by atoms with Crippen LogP contribution in [0.3, 0.4) is 0 Å². The molecule has 0 saturated carbocycles. The minimum atomic E-state index is -0.0444. The van der Waals surface area contributed by atoms with Gasteiger partial charge in [0.25, 0.3) is 0 Å². The van der Waals surface area contributed by atoms with Crippen molar-refractivity contribution in [1.29, 1.82) is 0 Å². The van der Waals surface area contributed by atoms with Crippen molar-refractivity contribution < 1.29 is 4.79 Å². The fourth-order valence-electron chi connectivity index (χ4n) is 2.02. The Labute approximate surface area is 115 Å². The number of ketones is 1. The van der Waals surface area contributed by atoms with E-state index >= 15 is 0 Å². The molecular formula is C15H12N4O. The van der Waals surface area contributed by atoms with Gasteiger partial charge in [-0.2, -0.15) is 0 Å². The summed E-state index contributed by atoms with van der Waals surface area (Å²) in [5.41, 5.74) is 3.04. The molecule has 0 spiro atoms. The van der Waals surface area contributed by atoms with E-state index in [2.05, 4.69) is 20.6 Å². The first-order valence-electron chi connectivity index (χ1n) is 6.20. The van der Waals surface area contributed by atoms with Gasteiger partial charge in [-0.15, -0.1) is 5.10 Å². The van der Waals surface area contributed by atoms with Crippen molar-refractivity contribution in [3.63, 3.8) is 0 Å². The highest BCUT2D eigenvalue weighted by Gasteiger charge is 2.16. The third-order valence-corrected chi connectivity index (χ3v) is 3.09. The summed E-state index contributed by atoms with van der Waals surface area (Å²) in [5.74, 6) is 0.443. The third-order valence-electron chi connectivity index (χ3n) is 3.09. The van der Waals surface area contributed by atoms with Crippen molar-refractivity contribution >= 4 is 5.78 Å². The number of nitrogens with one attached hydrogen (secondary N) is 1. The standard InChI is InChI=1S/C15H12N4O/c1-10-6-8-11(9-7-10)14(20)12-4-2-3-5-13(12)15-16-18-19-17-15/h2-9H,1H3,(H,16,17,18,19). The molecule has 0 amide bonds. The number of carbonyl (C=O) groups excluding carboxylic acids is 1. The maximum atomic E-state index is 12.6. The van der Waals surface area contributed by atoms with Crippen LogP contribution in [0.4, 0.5) is 0 Å². The van der Waals surface area contributed by atoms with Gasteiger partial charge in [0, 0.05) is 16.7 Å². The Balaban J connectivity index is 2.06. The van der Waals surface area contributed by atoms with Crippen LogP contribution in [-0.4, -0.2) is 26.4 Å². The Morgan fingerprint density at radius 2 is 1.80 bits per heavy atom. The quantitative estimate of drug-likeness (QED) is 0.737. The molecule has 0 fully saturated rings. The van der Waals surface area contributed by atoms with Crippen LogP contribution in [0.25, 0.3) is 11.4 Å². The Morgan fingerprint density at radius 3 is 2.50 bits per heavy atom. The minimum absolute atomic E-state index is 0.0444. The average molecular weight is 264 g/mol. The molecule has 1 N–H and O–H groups in total. The zero-order valence-corrected chi connectivity index (χ0v) is 10.9. The van der Waals surface area contributed by atoms with E-state index in [9.17, 15) is 4.79 Å². The van der Waals surface area contributed by atoms with Gasteiger partial charge in [-0.1, -0.05) is 54.1 Å². The van der Waals surface area contributed by atoms with Crippen LogP contribution in [0.5, 0.6) is 0 Å². The number of carbonyl (C=O) groups is 1. The minimum Gasteiger partial charge on any atom is -0.289 e. The Morgan fingerprint density at radius 1 is 1.05 bits per heavy atom. The van der Waals surface area contributed by atoms with Gasteiger partial charge in [0.2, 0.25) is 0 Å². The average Bonchev–Trinajstić information content (AvgIpc) is 3.01. The molecule has 0 saturated heterocycles. The number of benzene rings is 2. The van der Waals surface area contributed by atoms with Crippen molar-refractivity contribution in [2.24, 2.45) is 0 Å². The maximum absolute atomic E-state index is 12.6. The molecule has 0 aliphatic carbocycles. The molecule has 1 heterocycles. The largest absolute Gasteiger partial charge is 0.289 e. The zero-order valence-electron chi connectivity index (χ0n) is 10.9. The van der Waals surface area contributed by atoms with E-state index in [4.69, 9.17) is 0 Å². The van der Waals surface area contributed by atoms with Gasteiger partial charge in [-0.25, -0.2) is 5.10 Å². The predicted molar refractivity (Wildman–Crippen MR) is 74.2 cm³/mol. The molecule has 98 valence electrons. The van der Waals surface area contributed by atoms with Crippen molar-refractivity contribution in [1.82, 2.24) is 20.6 Å². The smallest absolute Gasteiger partial charge is 0.193 e. The SMILES string of the molecule is Cc1ccc(C(=O)c2ccccc2-c2nnn[nH]2)cc1. The van der Waals surface area contributed by atoms with Crippen LogP contribution in [-0.2, 0) is 0 Å². The molecule has 5 nitrogen and oxygen atoms in total. The summed E-state index contributed by atoms with van der Waals surface area (Å²) >= 11 is 0. The number of hydrogen-bond acceptors (Lipinski definition) is 4. The third kappa shape index (κ3) is 2.21. The Kier molecular flexibility index (Phi) is 3.09. The molecule has 0 radical (unpaired) electrons. The predicted octanol–water partition coefficient (Wildman–Crippen LogP) is 2.41. The van der Waals surface area contributed by atoms with Gasteiger partial charge in [-0.05, 0) is 17.4 Å². The summed E-state index contributed by atoms with van der Waals surface area (Å²) < 4.78 is 0. The van der Waals surface area contributed by atoms with E-state index in [1.54, 1.807) is 6.07 Å². The summed E-state index contributed by atoms with van der Waals surface area (Å²) in [5, 5.41) is 13.7. The van der Waals surface area contributed by atoms with Crippen LogP contribution in [0.1, 0.15) is 21.5 Å². The highest BCUT2D eigenvalue weighted by atomic mass is 16.1. The number of aromatic nitrogens is 4. The molecule has 20 heavy (non-hydrogen) atoms. The first-order valence-corrected chi connectivity index (χ1v) is 6.20. The van der Waals surface area contributed by atoms with Crippen LogP contribution < -0.4 is 0 Å². The molecule has 5 heteroatoms. The number of nitrogens with zero attached hydrogens (tertiary/aromatic N) is 3. The second kappa shape index (κ2) is 5.05. The highest BCUT2D eigenvalue weighted by Crippen LogP contribution is 2.22. The fourth-order valence-corrected chi connectivity index (χ4v) is 2.02. The number of aryl methyl sites for hydroxylation is 1. The fraction of sp³-hybridized carbons (Fsp3) is 0.0667. The molecule has 0 bridgehead atoms. The molecule has 0 aliphatic heterocycles. The molecule has 0 atom stereocenters. The second-order valence-electron chi connectivity index (χ2n) is 4.49. The van der Waals surface area contributed by atoms with E-state index in [0.717, 1.165) is 5.56 Å². The van der Waals surface area contributed by atoms with Gasteiger partial charge in [0.1, 0.15) is 0 Å². The lowest BCUT2D eigenvalue weighted by atomic mass is 9.97. The van der Waals surface area contributed by atoms with E-state index in [1.165, 1.54) is 0 Å². The lowest BCUT2D eigenvalue weighted by Gasteiger charge is -2.06. The first-order chi connectivity index (χ1) is 9.75. The van der Waals surface area contributed by atoms with Crippen molar-refractivity contribution in [2.45, 2.75) is 6.92 Å². The molecule has 0 aliphatic rings. The molecular weight excluding hydrogens is 252 g/mol. The van der Waals surface area contributed by atoms with Crippen molar-refractivity contribution in [3.05, 3.63) is 65.2 Å². The van der Waals surface area contributed by atoms with E-state index in [0.29, 0.717) is 22.5 Å². The lowest BCUT2D eigenvalue weighted by molar-refractivity contribution is 0.103. The van der Waals surface area contributed by atoms with E-state index in [1.807, 2.05) is 49.4 Å². The number of H-pyrrole nitrogens is 1. The van der Waals surface area contributed by atoms with Gasteiger partial charge >= 0.3 is 0 Å². The molecule has 3 rings (SSSR count). The summed E-state index contributed by atoms with van der Waals surface area (Å²) in [6.07, 6.45) is 0. The monoisotopic (exact) mass is 264 g/mol. The summed E-state index contributed by atoms with van der Waals surface area (Å²) in [4.78, 5) is 12.6. The van der Waals surface area contributed by atoms with Crippen LogP contribution in [0, 0.1) is 6.92 Å². The summed E-state index contributed by atoms with van der Waals surface area (Å²) in [6, 6.07) is 14.8. The van der Waals surface area contributed by atoms with E-state index in [-0.39, 0.29) is 5.78 Å². The normalized spacial score (nSPS) is 10.4. The van der Waals surface area contributed by atoms with Crippen LogP contribution >= 0.6 is 0 Å². The summed E-state index contributed by atoms with van der Waals surface area (Å²) in [6.45, 7) is 1.99. The molecule has 1 aromatic heterocycles. The number of hydrogen-bond donors (Lipinski definition) is 1. The van der Waals surface area contributed by atoms with Crippen molar-refractivity contribution in [3.8, 4) is 11.4 Å².